The van der Waals surface area contributed by atoms with E-state index in [1.807, 2.05) is 0 Å². The Morgan fingerprint density at radius 3 is 2.57 bits per heavy atom. The molecule has 0 spiro atoms. The maximum atomic E-state index is 12.7. The lowest BCUT2D eigenvalue weighted by Crippen LogP contribution is -2.56. The summed E-state index contributed by atoms with van der Waals surface area (Å²) in [6.07, 6.45) is 16.6. The van der Waals surface area contributed by atoms with Crippen molar-refractivity contribution in [3.05, 3.63) is 12.2 Å². The Bertz CT molecular complexity index is 649. The van der Waals surface area contributed by atoms with Crippen LogP contribution in [0.15, 0.2) is 12.2 Å². The summed E-state index contributed by atoms with van der Waals surface area (Å²) in [6, 6.07) is 0. The van der Waals surface area contributed by atoms with Crippen molar-refractivity contribution in [3.8, 4) is 0 Å². The van der Waals surface area contributed by atoms with Crippen molar-refractivity contribution in [1.29, 1.82) is 0 Å². The van der Waals surface area contributed by atoms with E-state index in [1.54, 1.807) is 0 Å². The molecule has 9 atom stereocenters. The second-order valence-corrected chi connectivity index (χ2v) is 11.8. The molecule has 0 aromatic carbocycles. The molecule has 4 saturated carbocycles. The Morgan fingerprint density at radius 2 is 1.79 bits per heavy atom. The normalized spacial score (nSPS) is 53.8. The Labute approximate surface area is 172 Å². The molecule has 1 saturated heterocycles. The smallest absolute Gasteiger partial charge is 0.139 e. The number of carbonyl (C=O) groups is 1. The molecular weight excluding hydrogens is 342 g/mol. The van der Waals surface area contributed by atoms with E-state index in [4.69, 9.17) is 0 Å². The van der Waals surface area contributed by atoms with Gasteiger partial charge in [0.1, 0.15) is 5.78 Å². The van der Waals surface area contributed by atoms with Gasteiger partial charge in [-0.3, -0.25) is 4.79 Å². The van der Waals surface area contributed by atoms with Crippen molar-refractivity contribution in [2.45, 2.75) is 78.6 Å². The fraction of sp³-hybridized carbons (Fsp3) is 0.885. The van der Waals surface area contributed by atoms with Gasteiger partial charge >= 0.3 is 0 Å². The Kier molecular flexibility index (Phi) is 4.81. The van der Waals surface area contributed by atoms with Crippen LogP contribution < -0.4 is 5.32 Å². The third kappa shape index (κ3) is 2.88. The number of carbonyl (C=O) groups excluding carboxylic acids is 1. The van der Waals surface area contributed by atoms with E-state index in [2.05, 4.69) is 38.2 Å². The fourth-order valence-electron chi connectivity index (χ4n) is 8.77. The molecule has 0 bridgehead atoms. The summed E-state index contributed by atoms with van der Waals surface area (Å²) < 4.78 is 0. The van der Waals surface area contributed by atoms with Gasteiger partial charge in [-0.15, -0.1) is 0 Å². The second-order valence-electron chi connectivity index (χ2n) is 11.8. The van der Waals surface area contributed by atoms with Crippen LogP contribution in [0.3, 0.4) is 0 Å². The number of allylic oxidation sites excluding steroid dienone is 1. The van der Waals surface area contributed by atoms with Crippen molar-refractivity contribution in [1.82, 2.24) is 5.32 Å². The highest BCUT2D eigenvalue weighted by molar-refractivity contribution is 5.87. The summed E-state index contributed by atoms with van der Waals surface area (Å²) in [4.78, 5) is 12.7. The van der Waals surface area contributed by atoms with Crippen molar-refractivity contribution in [2.24, 2.45) is 52.3 Å². The van der Waals surface area contributed by atoms with Crippen LogP contribution in [0.1, 0.15) is 78.6 Å². The maximum Gasteiger partial charge on any atom is 0.139 e. The van der Waals surface area contributed by atoms with E-state index >= 15 is 0 Å². The molecule has 0 aromatic heterocycles. The number of ketones is 1. The second kappa shape index (κ2) is 6.96. The molecular formula is C26H41NO. The highest BCUT2D eigenvalue weighted by Crippen LogP contribution is 2.67. The maximum absolute atomic E-state index is 12.7. The van der Waals surface area contributed by atoms with Gasteiger partial charge in [0.05, 0.1) is 0 Å². The summed E-state index contributed by atoms with van der Waals surface area (Å²) in [7, 11) is 0. The number of hydrogen-bond donors (Lipinski definition) is 1. The van der Waals surface area contributed by atoms with Crippen LogP contribution in [0, 0.1) is 52.3 Å². The minimum Gasteiger partial charge on any atom is -0.316 e. The van der Waals surface area contributed by atoms with Crippen molar-refractivity contribution >= 4 is 5.78 Å². The molecule has 0 radical (unpaired) electrons. The van der Waals surface area contributed by atoms with Gasteiger partial charge in [-0.1, -0.05) is 32.9 Å². The van der Waals surface area contributed by atoms with Gasteiger partial charge < -0.3 is 5.32 Å². The largest absolute Gasteiger partial charge is 0.316 e. The first kappa shape index (κ1) is 19.3. The van der Waals surface area contributed by atoms with E-state index in [0.717, 1.165) is 41.9 Å². The predicted octanol–water partition coefficient (Wildman–Crippen LogP) is 5.63. The van der Waals surface area contributed by atoms with E-state index in [1.165, 1.54) is 64.5 Å². The third-order valence-corrected chi connectivity index (χ3v) is 10.5. The zero-order valence-electron chi connectivity index (χ0n) is 18.4. The van der Waals surface area contributed by atoms with Crippen LogP contribution in [0.4, 0.5) is 0 Å². The van der Waals surface area contributed by atoms with E-state index in [9.17, 15) is 4.79 Å². The van der Waals surface area contributed by atoms with Gasteiger partial charge in [-0.25, -0.2) is 0 Å². The number of fused-ring (bicyclic) bond motifs is 5. The summed E-state index contributed by atoms with van der Waals surface area (Å²) in [5, 5.41) is 3.50. The van der Waals surface area contributed by atoms with Crippen molar-refractivity contribution in [2.75, 3.05) is 13.1 Å². The van der Waals surface area contributed by atoms with Gasteiger partial charge in [0, 0.05) is 18.4 Å². The van der Waals surface area contributed by atoms with Crippen LogP contribution in [0.5, 0.6) is 0 Å². The summed E-state index contributed by atoms with van der Waals surface area (Å²) in [5.41, 5.74) is 0.553. The van der Waals surface area contributed by atoms with Crippen molar-refractivity contribution in [3.63, 3.8) is 0 Å². The van der Waals surface area contributed by atoms with Gasteiger partial charge in [0.25, 0.3) is 0 Å². The zero-order chi connectivity index (χ0) is 19.5. The third-order valence-electron chi connectivity index (χ3n) is 10.5. The van der Waals surface area contributed by atoms with Crippen LogP contribution in [0.25, 0.3) is 0 Å². The number of nitrogens with one attached hydrogen (secondary N) is 1. The minimum atomic E-state index is 0.0217. The first-order valence-electron chi connectivity index (χ1n) is 12.3. The molecule has 5 rings (SSSR count). The lowest BCUT2D eigenvalue weighted by molar-refractivity contribution is -0.148. The first-order chi connectivity index (χ1) is 13.4. The summed E-state index contributed by atoms with van der Waals surface area (Å²) >= 11 is 0. The molecule has 28 heavy (non-hydrogen) atoms. The molecule has 0 amide bonds. The molecule has 1 N–H and O–H groups in total. The van der Waals surface area contributed by atoms with Crippen LogP contribution in [0.2, 0.25) is 0 Å². The quantitative estimate of drug-likeness (QED) is 0.627. The monoisotopic (exact) mass is 383 g/mol. The van der Waals surface area contributed by atoms with Crippen LogP contribution in [-0.4, -0.2) is 18.9 Å². The highest BCUT2D eigenvalue weighted by Gasteiger charge is 2.61. The molecule has 5 aliphatic rings. The van der Waals surface area contributed by atoms with E-state index in [-0.39, 0.29) is 5.41 Å². The molecule has 2 heteroatoms. The molecule has 1 unspecified atom stereocenters. The lowest BCUT2D eigenvalue weighted by atomic mass is 9.42. The lowest BCUT2D eigenvalue weighted by Gasteiger charge is -2.62. The predicted molar refractivity (Wildman–Crippen MR) is 115 cm³/mol. The Hall–Kier alpha value is -0.630. The highest BCUT2D eigenvalue weighted by atomic mass is 16.1. The molecule has 5 fully saturated rings. The Morgan fingerprint density at radius 1 is 0.964 bits per heavy atom. The molecule has 1 heterocycles. The molecule has 0 aromatic rings. The summed E-state index contributed by atoms with van der Waals surface area (Å²) in [6.45, 7) is 9.90. The minimum absolute atomic E-state index is 0.0217. The number of hydrogen-bond acceptors (Lipinski definition) is 2. The van der Waals surface area contributed by atoms with Gasteiger partial charge in [0.15, 0.2) is 0 Å². The SMILES string of the molecule is C[C@@H]1CC2C[C@H](C=C[C@@H]3CCNC3)CC[C@]2(C)[C@H]2CC[C@]3(C)C(=O)CC[C@H]3[C@H]12. The molecule has 4 aliphatic carbocycles. The molecule has 1 aliphatic heterocycles. The van der Waals surface area contributed by atoms with E-state index < -0.39 is 0 Å². The average molecular weight is 384 g/mol. The molecule has 2 nitrogen and oxygen atoms in total. The summed E-state index contributed by atoms with van der Waals surface area (Å²) in [5.74, 6) is 6.24. The van der Waals surface area contributed by atoms with Gasteiger partial charge in [-0.05, 0) is 105 Å². The van der Waals surface area contributed by atoms with Crippen molar-refractivity contribution < 1.29 is 4.79 Å². The first-order valence-corrected chi connectivity index (χ1v) is 12.3. The van der Waals surface area contributed by atoms with Crippen LogP contribution >= 0.6 is 0 Å². The number of rotatable bonds is 2. The fourth-order valence-corrected chi connectivity index (χ4v) is 8.77. The topological polar surface area (TPSA) is 29.1 Å². The standard InChI is InChI=1S/C26H41NO/c1-17-14-20-15-18(4-5-19-10-13-27-16-19)8-11-25(20,2)22-9-12-26(3)21(24(17)22)6-7-23(26)28/h4-5,17-22,24,27H,6-16H2,1-3H3/t17-,18-,19-,20?,21+,22+,24+,25+,26+/m1/s1. The van der Waals surface area contributed by atoms with Crippen LogP contribution in [-0.2, 0) is 4.79 Å². The molecule has 156 valence electrons. The van der Waals surface area contributed by atoms with E-state index in [0.29, 0.717) is 17.1 Å². The van der Waals surface area contributed by atoms with Gasteiger partial charge in [-0.2, -0.15) is 0 Å². The zero-order valence-corrected chi connectivity index (χ0v) is 18.4. The van der Waals surface area contributed by atoms with Gasteiger partial charge in [0.2, 0.25) is 0 Å². The average Bonchev–Trinajstić information content (AvgIpc) is 3.29. The Balaban J connectivity index is 1.33. The number of Topliss-reactive ketones (excluding diaryl/α,β-unsaturated/α-hetero) is 1.